The Hall–Kier alpha value is -0.980. The molecule has 7 heteroatoms. The van der Waals surface area contributed by atoms with Crippen LogP contribution in [0.2, 0.25) is 0 Å². The van der Waals surface area contributed by atoms with E-state index < -0.39 is 18.6 Å². The zero-order chi connectivity index (χ0) is 16.4. The fraction of sp³-hybridized carbons (Fsp3) is 0.643. The van der Waals surface area contributed by atoms with Crippen molar-refractivity contribution >= 4 is 21.8 Å². The molecule has 0 spiro atoms. The fourth-order valence-corrected chi connectivity index (χ4v) is 2.52. The molecule has 0 bridgehead atoms. The quantitative estimate of drug-likeness (QED) is 0.751. The molecule has 1 heterocycles. The van der Waals surface area contributed by atoms with E-state index in [4.69, 9.17) is 0 Å². The molecule has 0 saturated carbocycles. The number of alkyl halides is 3. The van der Waals surface area contributed by atoms with E-state index in [1.54, 1.807) is 30.7 Å². The molecule has 0 fully saturated rings. The summed E-state index contributed by atoms with van der Waals surface area (Å²) in [6.07, 6.45) is -2.70. The van der Waals surface area contributed by atoms with Crippen molar-refractivity contribution in [2.45, 2.75) is 39.9 Å². The summed E-state index contributed by atoms with van der Waals surface area (Å²) in [5, 5.41) is 0. The number of nitrogens with zero attached hydrogens (tertiary/aromatic N) is 2. The SMILES string of the molecule is CC(C)CN(CC(F)(F)F)C(=O)c1cc(Br)cn1C(C)C. The van der Waals surface area contributed by atoms with Gasteiger partial charge in [-0.1, -0.05) is 13.8 Å². The third kappa shape index (κ3) is 5.37. The third-order valence-electron chi connectivity index (χ3n) is 2.83. The van der Waals surface area contributed by atoms with E-state index in [0.29, 0.717) is 4.47 Å². The molecule has 0 N–H and O–H groups in total. The molecule has 0 aromatic carbocycles. The Labute approximate surface area is 131 Å². The van der Waals surface area contributed by atoms with Crippen LogP contribution >= 0.6 is 15.9 Å². The van der Waals surface area contributed by atoms with Gasteiger partial charge in [0.2, 0.25) is 0 Å². The Morgan fingerprint density at radius 1 is 1.33 bits per heavy atom. The Balaban J connectivity index is 3.10. The van der Waals surface area contributed by atoms with Crippen LogP contribution in [0.3, 0.4) is 0 Å². The maximum Gasteiger partial charge on any atom is 0.406 e. The minimum absolute atomic E-state index is 0.0120. The number of aromatic nitrogens is 1. The lowest BCUT2D eigenvalue weighted by molar-refractivity contribution is -0.141. The second-order valence-corrected chi connectivity index (χ2v) is 6.65. The Morgan fingerprint density at radius 3 is 2.33 bits per heavy atom. The van der Waals surface area contributed by atoms with Crippen molar-refractivity contribution in [1.82, 2.24) is 9.47 Å². The second-order valence-electron chi connectivity index (χ2n) is 5.74. The minimum Gasteiger partial charge on any atom is -0.340 e. The highest BCUT2D eigenvalue weighted by Gasteiger charge is 2.34. The standard InChI is InChI=1S/C14H20BrF3N2O/c1-9(2)6-19(8-14(16,17)18)13(21)12-5-11(15)7-20(12)10(3)4/h5,7,9-10H,6,8H2,1-4H3. The van der Waals surface area contributed by atoms with Crippen LogP contribution in [-0.4, -0.2) is 34.6 Å². The van der Waals surface area contributed by atoms with Crippen molar-refractivity contribution in [1.29, 1.82) is 0 Å². The lowest BCUT2D eigenvalue weighted by Gasteiger charge is -2.26. The van der Waals surface area contributed by atoms with Crippen LogP contribution in [-0.2, 0) is 0 Å². The molecule has 21 heavy (non-hydrogen) atoms. The van der Waals surface area contributed by atoms with E-state index in [1.807, 2.05) is 13.8 Å². The van der Waals surface area contributed by atoms with Gasteiger partial charge in [-0.05, 0) is 41.8 Å². The summed E-state index contributed by atoms with van der Waals surface area (Å²) in [6, 6.07) is 1.55. The van der Waals surface area contributed by atoms with Gasteiger partial charge in [0.25, 0.3) is 5.91 Å². The van der Waals surface area contributed by atoms with E-state index >= 15 is 0 Å². The minimum atomic E-state index is -4.41. The van der Waals surface area contributed by atoms with Crippen LogP contribution in [0.5, 0.6) is 0 Å². The summed E-state index contributed by atoms with van der Waals surface area (Å²) in [5.74, 6) is -0.636. The van der Waals surface area contributed by atoms with Crippen LogP contribution in [0.4, 0.5) is 13.2 Å². The summed E-state index contributed by atoms with van der Waals surface area (Å²) in [6.45, 7) is 6.16. The van der Waals surface area contributed by atoms with Crippen LogP contribution in [0.1, 0.15) is 44.2 Å². The molecule has 0 radical (unpaired) electrons. The first-order valence-electron chi connectivity index (χ1n) is 6.74. The fourth-order valence-electron chi connectivity index (χ4n) is 2.08. The number of carbonyl (C=O) groups is 1. The van der Waals surface area contributed by atoms with Gasteiger partial charge in [0.1, 0.15) is 12.2 Å². The Bertz CT molecular complexity index is 495. The monoisotopic (exact) mass is 368 g/mol. The number of amides is 1. The van der Waals surface area contributed by atoms with Gasteiger partial charge in [0, 0.05) is 23.3 Å². The lowest BCUT2D eigenvalue weighted by Crippen LogP contribution is -2.41. The first-order valence-corrected chi connectivity index (χ1v) is 7.54. The smallest absolute Gasteiger partial charge is 0.340 e. The number of hydrogen-bond acceptors (Lipinski definition) is 1. The first kappa shape index (κ1) is 18.1. The third-order valence-corrected chi connectivity index (χ3v) is 3.27. The largest absolute Gasteiger partial charge is 0.406 e. The Morgan fingerprint density at radius 2 is 1.90 bits per heavy atom. The summed E-state index contributed by atoms with van der Waals surface area (Å²) in [5.41, 5.74) is 0.266. The van der Waals surface area contributed by atoms with E-state index in [1.165, 1.54) is 0 Å². The van der Waals surface area contributed by atoms with Crippen LogP contribution in [0.25, 0.3) is 0 Å². The molecule has 120 valence electrons. The van der Waals surface area contributed by atoms with Gasteiger partial charge in [-0.25, -0.2) is 0 Å². The predicted molar refractivity (Wildman–Crippen MR) is 79.3 cm³/mol. The van der Waals surface area contributed by atoms with Gasteiger partial charge < -0.3 is 9.47 Å². The number of halogens is 4. The van der Waals surface area contributed by atoms with Crippen molar-refractivity contribution in [3.63, 3.8) is 0 Å². The molecule has 1 aromatic heterocycles. The molecular weight excluding hydrogens is 349 g/mol. The van der Waals surface area contributed by atoms with Crippen LogP contribution in [0.15, 0.2) is 16.7 Å². The second kappa shape index (κ2) is 6.85. The average Bonchev–Trinajstić information content (AvgIpc) is 2.67. The highest BCUT2D eigenvalue weighted by Crippen LogP contribution is 2.23. The van der Waals surface area contributed by atoms with Crippen molar-refractivity contribution in [2.24, 2.45) is 5.92 Å². The summed E-state index contributed by atoms with van der Waals surface area (Å²) in [7, 11) is 0. The summed E-state index contributed by atoms with van der Waals surface area (Å²) >= 11 is 3.27. The molecule has 1 amide bonds. The molecule has 0 saturated heterocycles. The van der Waals surface area contributed by atoms with Crippen LogP contribution < -0.4 is 0 Å². The number of carbonyl (C=O) groups excluding carboxylic acids is 1. The molecule has 0 aliphatic carbocycles. The van der Waals surface area contributed by atoms with Gasteiger partial charge in [0.05, 0.1) is 0 Å². The molecular formula is C14H20BrF3N2O. The van der Waals surface area contributed by atoms with Crippen molar-refractivity contribution in [3.8, 4) is 0 Å². The van der Waals surface area contributed by atoms with Gasteiger partial charge in [-0.3, -0.25) is 4.79 Å². The van der Waals surface area contributed by atoms with Gasteiger partial charge in [-0.15, -0.1) is 0 Å². The maximum atomic E-state index is 12.7. The average molecular weight is 369 g/mol. The van der Waals surface area contributed by atoms with E-state index in [-0.39, 0.29) is 24.2 Å². The topological polar surface area (TPSA) is 25.2 Å². The zero-order valence-electron chi connectivity index (χ0n) is 12.5. The number of rotatable bonds is 5. The Kier molecular flexibility index (Phi) is 5.90. The van der Waals surface area contributed by atoms with Crippen molar-refractivity contribution in [2.75, 3.05) is 13.1 Å². The highest BCUT2D eigenvalue weighted by atomic mass is 79.9. The summed E-state index contributed by atoms with van der Waals surface area (Å²) < 4.78 is 40.4. The predicted octanol–water partition coefficient (Wildman–Crippen LogP) is 4.49. The maximum absolute atomic E-state index is 12.7. The van der Waals surface area contributed by atoms with Crippen LogP contribution in [0, 0.1) is 5.92 Å². The van der Waals surface area contributed by atoms with Gasteiger partial charge >= 0.3 is 6.18 Å². The molecule has 0 aliphatic heterocycles. The molecule has 3 nitrogen and oxygen atoms in total. The van der Waals surface area contributed by atoms with Crippen molar-refractivity contribution < 1.29 is 18.0 Å². The van der Waals surface area contributed by atoms with E-state index in [2.05, 4.69) is 15.9 Å². The van der Waals surface area contributed by atoms with Gasteiger partial charge in [0.15, 0.2) is 0 Å². The highest BCUT2D eigenvalue weighted by molar-refractivity contribution is 9.10. The van der Waals surface area contributed by atoms with Crippen molar-refractivity contribution in [3.05, 3.63) is 22.4 Å². The molecule has 0 unspecified atom stereocenters. The summed E-state index contributed by atoms with van der Waals surface area (Å²) in [4.78, 5) is 13.3. The van der Waals surface area contributed by atoms with Gasteiger partial charge in [-0.2, -0.15) is 13.2 Å². The molecule has 1 aromatic rings. The molecule has 0 atom stereocenters. The zero-order valence-corrected chi connectivity index (χ0v) is 14.1. The first-order chi connectivity index (χ1) is 9.51. The lowest BCUT2D eigenvalue weighted by atomic mass is 10.2. The number of hydrogen-bond donors (Lipinski definition) is 0. The van der Waals surface area contributed by atoms with E-state index in [9.17, 15) is 18.0 Å². The molecule has 0 aliphatic rings. The van der Waals surface area contributed by atoms with E-state index in [0.717, 1.165) is 4.90 Å². The normalized spacial score (nSPS) is 12.3. The molecule has 1 rings (SSSR count).